The number of carbonyl (C=O) groups excluding carboxylic acids is 3. The van der Waals surface area contributed by atoms with E-state index in [9.17, 15) is 14.4 Å². The van der Waals surface area contributed by atoms with E-state index in [0.29, 0.717) is 19.6 Å². The number of benzene rings is 1. The SMILES string of the molecule is CN[C@@H](C)C(=O)N[C@H](C(=O)N1CCNC[C@H]1C(=O)NC1CCCc2ccccc21)C(C)C. The number of aryl methyl sites for hydroxylation is 1. The lowest BCUT2D eigenvalue weighted by Crippen LogP contribution is -2.64. The molecule has 1 saturated heterocycles. The van der Waals surface area contributed by atoms with Crippen molar-refractivity contribution >= 4 is 17.7 Å². The van der Waals surface area contributed by atoms with E-state index in [2.05, 4.69) is 33.4 Å². The van der Waals surface area contributed by atoms with Crippen LogP contribution in [0.5, 0.6) is 0 Å². The third-order valence-corrected chi connectivity index (χ3v) is 6.57. The normalized spacial score (nSPS) is 22.6. The van der Waals surface area contributed by atoms with Gasteiger partial charge < -0.3 is 26.2 Å². The first-order valence-electron chi connectivity index (χ1n) is 11.7. The summed E-state index contributed by atoms with van der Waals surface area (Å²) in [6, 6.07) is 6.50. The Bertz CT molecular complexity index is 828. The lowest BCUT2D eigenvalue weighted by molar-refractivity contribution is -0.145. The average molecular weight is 444 g/mol. The summed E-state index contributed by atoms with van der Waals surface area (Å²) in [6.45, 7) is 7.01. The molecule has 4 N–H and O–H groups in total. The van der Waals surface area contributed by atoms with Crippen molar-refractivity contribution in [1.29, 1.82) is 0 Å². The predicted octanol–water partition coefficient (Wildman–Crippen LogP) is 0.729. The molecule has 0 spiro atoms. The molecule has 0 aromatic heterocycles. The number of amides is 3. The molecule has 1 aliphatic heterocycles. The fraction of sp³-hybridized carbons (Fsp3) is 0.625. The fourth-order valence-electron chi connectivity index (χ4n) is 4.48. The number of carbonyl (C=O) groups is 3. The van der Waals surface area contributed by atoms with Gasteiger partial charge in [-0.2, -0.15) is 0 Å². The number of hydrogen-bond donors (Lipinski definition) is 4. The van der Waals surface area contributed by atoms with Gasteiger partial charge >= 0.3 is 0 Å². The molecule has 4 atom stereocenters. The highest BCUT2D eigenvalue weighted by Crippen LogP contribution is 2.29. The zero-order valence-corrected chi connectivity index (χ0v) is 19.6. The first-order valence-corrected chi connectivity index (χ1v) is 11.7. The number of rotatable bonds is 7. The Balaban J connectivity index is 1.74. The van der Waals surface area contributed by atoms with Crippen LogP contribution in [0.3, 0.4) is 0 Å². The first-order chi connectivity index (χ1) is 15.3. The van der Waals surface area contributed by atoms with Crippen molar-refractivity contribution in [3.05, 3.63) is 35.4 Å². The van der Waals surface area contributed by atoms with Crippen LogP contribution in [0.1, 0.15) is 50.8 Å². The van der Waals surface area contributed by atoms with Gasteiger partial charge in [0.25, 0.3) is 0 Å². The molecule has 1 aliphatic carbocycles. The molecule has 1 aromatic carbocycles. The topological polar surface area (TPSA) is 103 Å². The minimum atomic E-state index is -0.679. The molecule has 2 aliphatic rings. The van der Waals surface area contributed by atoms with Crippen LogP contribution >= 0.6 is 0 Å². The van der Waals surface area contributed by atoms with Crippen LogP contribution in [0, 0.1) is 5.92 Å². The third-order valence-electron chi connectivity index (χ3n) is 6.57. The van der Waals surface area contributed by atoms with E-state index in [-0.39, 0.29) is 29.7 Å². The second kappa shape index (κ2) is 10.9. The quantitative estimate of drug-likeness (QED) is 0.498. The summed E-state index contributed by atoms with van der Waals surface area (Å²) in [7, 11) is 1.70. The van der Waals surface area contributed by atoms with Gasteiger partial charge in [0.1, 0.15) is 12.1 Å². The van der Waals surface area contributed by atoms with E-state index < -0.39 is 18.1 Å². The lowest BCUT2D eigenvalue weighted by Gasteiger charge is -2.39. The Morgan fingerprint density at radius 2 is 1.91 bits per heavy atom. The Labute approximate surface area is 190 Å². The number of nitrogens with one attached hydrogen (secondary N) is 4. The summed E-state index contributed by atoms with van der Waals surface area (Å²) in [5.74, 6) is -0.680. The van der Waals surface area contributed by atoms with E-state index in [0.717, 1.165) is 19.3 Å². The molecule has 1 unspecified atom stereocenters. The van der Waals surface area contributed by atoms with Gasteiger partial charge in [-0.25, -0.2) is 0 Å². The van der Waals surface area contributed by atoms with Crippen molar-refractivity contribution in [2.75, 3.05) is 26.7 Å². The number of likely N-dealkylation sites (N-methyl/N-ethyl adjacent to an activating group) is 1. The van der Waals surface area contributed by atoms with Gasteiger partial charge in [0.15, 0.2) is 0 Å². The van der Waals surface area contributed by atoms with Gasteiger partial charge in [0.05, 0.1) is 12.1 Å². The molecule has 8 heteroatoms. The molecule has 0 bridgehead atoms. The zero-order chi connectivity index (χ0) is 23.3. The maximum Gasteiger partial charge on any atom is 0.246 e. The number of fused-ring (bicyclic) bond motifs is 1. The number of piperazine rings is 1. The maximum absolute atomic E-state index is 13.5. The van der Waals surface area contributed by atoms with E-state index in [1.165, 1.54) is 11.1 Å². The molecule has 32 heavy (non-hydrogen) atoms. The highest BCUT2D eigenvalue weighted by atomic mass is 16.2. The average Bonchev–Trinajstić information content (AvgIpc) is 2.81. The van der Waals surface area contributed by atoms with E-state index in [1.54, 1.807) is 18.9 Å². The standard InChI is InChI=1S/C24H37N5O3/c1-15(2)21(28-22(30)16(3)25-4)24(32)29-13-12-26-14-20(29)23(31)27-19-11-7-9-17-8-5-6-10-18(17)19/h5-6,8,10,15-16,19-21,25-26H,7,9,11-14H2,1-4H3,(H,27,31)(H,28,30)/t16-,19?,20-,21-/m0/s1. The smallest absolute Gasteiger partial charge is 0.246 e. The van der Waals surface area contributed by atoms with Crippen molar-refractivity contribution in [2.24, 2.45) is 5.92 Å². The Hall–Kier alpha value is -2.45. The highest BCUT2D eigenvalue weighted by Gasteiger charge is 2.38. The molecule has 0 saturated carbocycles. The molecule has 0 radical (unpaired) electrons. The van der Waals surface area contributed by atoms with Gasteiger partial charge in [-0.15, -0.1) is 0 Å². The molecule has 3 rings (SSSR count). The Morgan fingerprint density at radius 3 is 2.62 bits per heavy atom. The number of hydrogen-bond acceptors (Lipinski definition) is 5. The van der Waals surface area contributed by atoms with E-state index >= 15 is 0 Å². The Kier molecular flexibility index (Phi) is 8.26. The third kappa shape index (κ3) is 5.48. The first kappa shape index (κ1) is 24.2. The Morgan fingerprint density at radius 1 is 1.16 bits per heavy atom. The van der Waals surface area contributed by atoms with Gasteiger partial charge in [-0.1, -0.05) is 38.1 Å². The van der Waals surface area contributed by atoms with E-state index in [4.69, 9.17) is 0 Å². The van der Waals surface area contributed by atoms with Crippen LogP contribution in [0.2, 0.25) is 0 Å². The zero-order valence-electron chi connectivity index (χ0n) is 19.6. The highest BCUT2D eigenvalue weighted by molar-refractivity contribution is 5.93. The minimum Gasteiger partial charge on any atom is -0.347 e. The summed E-state index contributed by atoms with van der Waals surface area (Å²) in [4.78, 5) is 40.9. The molecule has 8 nitrogen and oxygen atoms in total. The van der Waals surface area contributed by atoms with Gasteiger partial charge in [0.2, 0.25) is 17.7 Å². The lowest BCUT2D eigenvalue weighted by atomic mass is 9.87. The van der Waals surface area contributed by atoms with Gasteiger partial charge in [0, 0.05) is 19.6 Å². The van der Waals surface area contributed by atoms with Crippen LogP contribution in [0.25, 0.3) is 0 Å². The van der Waals surface area contributed by atoms with Crippen molar-refractivity contribution in [3.63, 3.8) is 0 Å². The summed E-state index contributed by atoms with van der Waals surface area (Å²) in [5, 5.41) is 12.2. The van der Waals surface area contributed by atoms with Gasteiger partial charge in [-0.3, -0.25) is 14.4 Å². The van der Waals surface area contributed by atoms with Crippen LogP contribution in [0.15, 0.2) is 24.3 Å². The minimum absolute atomic E-state index is 0.0385. The fourth-order valence-corrected chi connectivity index (χ4v) is 4.48. The molecule has 176 valence electrons. The summed E-state index contributed by atoms with van der Waals surface area (Å²) < 4.78 is 0. The second-order valence-electron chi connectivity index (χ2n) is 9.14. The van der Waals surface area contributed by atoms with Gasteiger partial charge in [-0.05, 0) is 50.3 Å². The molecule has 1 heterocycles. The van der Waals surface area contributed by atoms with Crippen molar-refractivity contribution in [3.8, 4) is 0 Å². The number of nitrogens with zero attached hydrogens (tertiary/aromatic N) is 1. The maximum atomic E-state index is 13.5. The molecular weight excluding hydrogens is 406 g/mol. The summed E-state index contributed by atoms with van der Waals surface area (Å²) in [5.41, 5.74) is 2.45. The van der Waals surface area contributed by atoms with E-state index in [1.807, 2.05) is 26.0 Å². The van der Waals surface area contributed by atoms with Crippen LogP contribution in [-0.2, 0) is 20.8 Å². The monoisotopic (exact) mass is 443 g/mol. The van der Waals surface area contributed by atoms with Crippen molar-refractivity contribution < 1.29 is 14.4 Å². The summed E-state index contributed by atoms with van der Waals surface area (Å²) >= 11 is 0. The van der Waals surface area contributed by atoms with Crippen molar-refractivity contribution in [1.82, 2.24) is 26.2 Å². The van der Waals surface area contributed by atoms with Crippen LogP contribution in [-0.4, -0.2) is 67.4 Å². The second-order valence-corrected chi connectivity index (χ2v) is 9.14. The molecule has 1 aromatic rings. The van der Waals surface area contributed by atoms with Crippen LogP contribution < -0.4 is 21.3 Å². The largest absolute Gasteiger partial charge is 0.347 e. The summed E-state index contributed by atoms with van der Waals surface area (Å²) in [6.07, 6.45) is 2.95. The molecular formula is C24H37N5O3. The molecule has 1 fully saturated rings. The van der Waals surface area contributed by atoms with Crippen LogP contribution in [0.4, 0.5) is 0 Å². The predicted molar refractivity (Wildman–Crippen MR) is 124 cm³/mol. The molecule has 3 amide bonds. The van der Waals surface area contributed by atoms with Crippen molar-refractivity contribution in [2.45, 2.75) is 64.2 Å².